The third-order valence-corrected chi connectivity index (χ3v) is 14.1. The monoisotopic (exact) mass is 766 g/mol. The summed E-state index contributed by atoms with van der Waals surface area (Å²) in [5.41, 5.74) is 17.6. The second kappa shape index (κ2) is 14.7. The number of hydrogen-bond acceptors (Lipinski definition) is 3. The van der Waals surface area contributed by atoms with Crippen LogP contribution in [0.15, 0.2) is 150 Å². The van der Waals surface area contributed by atoms with E-state index in [1.807, 2.05) is 6.08 Å². The molecule has 4 aromatic carbocycles. The molecule has 58 heavy (non-hydrogen) atoms. The van der Waals surface area contributed by atoms with E-state index in [4.69, 9.17) is 0 Å². The minimum atomic E-state index is 0.0588. The molecule has 3 heterocycles. The van der Waals surface area contributed by atoms with E-state index in [1.54, 1.807) is 5.57 Å². The molecule has 0 bridgehead atoms. The van der Waals surface area contributed by atoms with Gasteiger partial charge < -0.3 is 14.7 Å². The van der Waals surface area contributed by atoms with E-state index in [-0.39, 0.29) is 28.4 Å². The van der Waals surface area contributed by atoms with Crippen molar-refractivity contribution in [2.75, 3.05) is 21.2 Å². The van der Waals surface area contributed by atoms with Gasteiger partial charge in [-0.3, -0.25) is 0 Å². The minimum Gasteiger partial charge on any atom is -0.342 e. The Hall–Kier alpha value is -4.96. The first kappa shape index (κ1) is 39.9. The lowest BCUT2D eigenvalue weighted by Crippen LogP contribution is -2.62. The quantitative estimate of drug-likeness (QED) is 0.137. The van der Waals surface area contributed by atoms with Gasteiger partial charge in [0, 0.05) is 52.1 Å². The van der Waals surface area contributed by atoms with Crippen LogP contribution in [0.4, 0.5) is 34.1 Å². The van der Waals surface area contributed by atoms with Gasteiger partial charge in [-0.05, 0) is 143 Å². The summed E-state index contributed by atoms with van der Waals surface area (Å²) >= 11 is 0. The Morgan fingerprint density at radius 1 is 0.828 bits per heavy atom. The normalized spacial score (nSPS) is 22.5. The lowest BCUT2D eigenvalue weighted by Gasteiger charge is -2.60. The predicted octanol–water partition coefficient (Wildman–Crippen LogP) is 13.8. The highest BCUT2D eigenvalue weighted by atomic mass is 15.2. The first-order chi connectivity index (χ1) is 27.6. The molecule has 0 N–H and O–H groups in total. The van der Waals surface area contributed by atoms with E-state index < -0.39 is 0 Å². The van der Waals surface area contributed by atoms with Crippen molar-refractivity contribution in [1.82, 2.24) is 0 Å². The van der Waals surface area contributed by atoms with Gasteiger partial charge >= 0.3 is 0 Å². The second-order valence-corrected chi connectivity index (χ2v) is 20.1. The summed E-state index contributed by atoms with van der Waals surface area (Å²) in [6.45, 7) is 29.0. The molecule has 0 amide bonds. The third-order valence-electron chi connectivity index (χ3n) is 14.1. The highest BCUT2D eigenvalue weighted by Crippen LogP contribution is 2.61. The van der Waals surface area contributed by atoms with Gasteiger partial charge in [-0.15, -0.1) is 0 Å². The van der Waals surface area contributed by atoms with Crippen LogP contribution in [-0.2, 0) is 5.41 Å². The fourth-order valence-electron chi connectivity index (χ4n) is 10.6. The van der Waals surface area contributed by atoms with Gasteiger partial charge in [-0.25, -0.2) is 0 Å². The van der Waals surface area contributed by atoms with Gasteiger partial charge in [-0.1, -0.05) is 136 Å². The van der Waals surface area contributed by atoms with Gasteiger partial charge in [0.1, 0.15) is 0 Å². The molecule has 0 spiro atoms. The molecule has 8 rings (SSSR count). The summed E-state index contributed by atoms with van der Waals surface area (Å²) in [5.74, 6) is 0. The summed E-state index contributed by atoms with van der Waals surface area (Å²) < 4.78 is 0. The van der Waals surface area contributed by atoms with Gasteiger partial charge in [0.05, 0.1) is 0 Å². The SMILES string of the molecule is C=C/C=C(\C=C/CC(C)(C)C)N(c1ccc(C(C)(C)C)cc1)c1ccc2c(c1)N(c1ccccc1)c1cccc3c1B2/C(=C/C)C1=C(C)C2(C)CCCCC2(C)CN13. The molecule has 2 unspecified atom stereocenters. The van der Waals surface area contributed by atoms with Crippen molar-refractivity contribution >= 4 is 51.8 Å². The summed E-state index contributed by atoms with van der Waals surface area (Å²) in [4.78, 5) is 7.68. The maximum atomic E-state index is 4.19. The average Bonchev–Trinajstić information content (AvgIpc) is 3.19. The van der Waals surface area contributed by atoms with Crippen molar-refractivity contribution in [3.63, 3.8) is 0 Å². The number of benzene rings is 4. The Labute approximate surface area is 350 Å². The fraction of sp³-hybridized carbons (Fsp3) is 0.370. The van der Waals surface area contributed by atoms with Crippen molar-refractivity contribution in [2.45, 2.75) is 107 Å². The van der Waals surface area contributed by atoms with E-state index >= 15 is 0 Å². The zero-order chi connectivity index (χ0) is 41.2. The van der Waals surface area contributed by atoms with E-state index in [2.05, 4.69) is 206 Å². The maximum absolute atomic E-state index is 4.19. The molecule has 1 fully saturated rings. The van der Waals surface area contributed by atoms with Crippen LogP contribution in [-0.4, -0.2) is 13.3 Å². The van der Waals surface area contributed by atoms with Crippen LogP contribution < -0.4 is 25.6 Å². The molecule has 3 nitrogen and oxygen atoms in total. The molecule has 4 heteroatoms. The molecule has 0 radical (unpaired) electrons. The van der Waals surface area contributed by atoms with Crippen LogP contribution in [0.25, 0.3) is 0 Å². The topological polar surface area (TPSA) is 9.72 Å². The third kappa shape index (κ3) is 6.61. The zero-order valence-corrected chi connectivity index (χ0v) is 36.9. The van der Waals surface area contributed by atoms with E-state index in [0.717, 1.165) is 30.0 Å². The van der Waals surface area contributed by atoms with E-state index in [9.17, 15) is 0 Å². The van der Waals surface area contributed by atoms with Gasteiger partial charge in [-0.2, -0.15) is 0 Å². The molecule has 2 atom stereocenters. The lowest BCUT2D eigenvalue weighted by molar-refractivity contribution is 0.0481. The first-order valence-corrected chi connectivity index (χ1v) is 21.8. The second-order valence-electron chi connectivity index (χ2n) is 20.1. The molecular formula is C54H64BN3. The molecule has 4 aromatic rings. The van der Waals surface area contributed by atoms with Gasteiger partial charge in [0.25, 0.3) is 6.71 Å². The number of nitrogens with zero attached hydrogens (tertiary/aromatic N) is 3. The summed E-state index contributed by atoms with van der Waals surface area (Å²) in [6.07, 6.45) is 17.3. The summed E-state index contributed by atoms with van der Waals surface area (Å²) in [6, 6.07) is 34.5. The van der Waals surface area contributed by atoms with Crippen molar-refractivity contribution < 1.29 is 0 Å². The van der Waals surface area contributed by atoms with Crippen LogP contribution in [0.3, 0.4) is 0 Å². The number of fused-ring (bicyclic) bond motifs is 5. The zero-order valence-electron chi connectivity index (χ0n) is 36.9. The lowest BCUT2D eigenvalue weighted by atomic mass is 9.31. The van der Waals surface area contributed by atoms with Crippen LogP contribution in [0.2, 0.25) is 0 Å². The molecule has 0 saturated heterocycles. The van der Waals surface area contributed by atoms with Crippen molar-refractivity contribution in [1.29, 1.82) is 0 Å². The fourth-order valence-corrected chi connectivity index (χ4v) is 10.6. The Balaban J connectivity index is 1.37. The van der Waals surface area contributed by atoms with Crippen LogP contribution in [0.1, 0.15) is 107 Å². The Morgan fingerprint density at radius 2 is 1.52 bits per heavy atom. The number of rotatable bonds is 7. The van der Waals surface area contributed by atoms with Crippen LogP contribution >= 0.6 is 0 Å². The Bertz CT molecular complexity index is 2350. The minimum absolute atomic E-state index is 0.0588. The van der Waals surface area contributed by atoms with Crippen molar-refractivity contribution in [3.8, 4) is 0 Å². The Kier molecular flexibility index (Phi) is 10.1. The number of para-hydroxylation sites is 1. The van der Waals surface area contributed by atoms with Crippen LogP contribution in [0.5, 0.6) is 0 Å². The maximum Gasteiger partial charge on any atom is 0.251 e. The molecule has 1 aliphatic carbocycles. The molecule has 1 saturated carbocycles. The predicted molar refractivity (Wildman–Crippen MR) is 253 cm³/mol. The first-order valence-electron chi connectivity index (χ1n) is 21.8. The molecule has 3 aliphatic heterocycles. The smallest absolute Gasteiger partial charge is 0.251 e. The van der Waals surface area contributed by atoms with E-state index in [0.29, 0.717) is 0 Å². The number of anilines is 6. The Morgan fingerprint density at radius 3 is 2.19 bits per heavy atom. The van der Waals surface area contributed by atoms with Gasteiger partial charge in [0.15, 0.2) is 0 Å². The molecule has 0 aromatic heterocycles. The highest BCUT2D eigenvalue weighted by Gasteiger charge is 2.56. The molecule has 298 valence electrons. The standard InChI is InChI=1S/C54H64BN3/c1-12-21-40(24-20-33-51(4,5)6)57(42-29-27-39(28-30-42)52(7,8)9)43-31-32-45-48(36-43)58(41-22-15-14-16-23-41)47-26-19-25-46-49(47)55(45)44(13-2)50-38(3)54(11)35-18-17-34-53(54,10)37-56(46)50/h12-16,19-32,36H,1,17-18,33-35,37H2,2-11H3/b24-20-,40-21+,44-13+. The summed E-state index contributed by atoms with van der Waals surface area (Å²) in [7, 11) is 0. The molecule has 4 aliphatic rings. The molecular weight excluding hydrogens is 701 g/mol. The van der Waals surface area contributed by atoms with Gasteiger partial charge in [0.2, 0.25) is 0 Å². The average molecular weight is 766 g/mol. The number of hydrogen-bond donors (Lipinski definition) is 0. The largest absolute Gasteiger partial charge is 0.342 e. The number of allylic oxidation sites excluding steroid dienone is 7. The highest BCUT2D eigenvalue weighted by molar-refractivity contribution is 6.95. The van der Waals surface area contributed by atoms with Crippen LogP contribution in [0, 0.1) is 16.2 Å². The van der Waals surface area contributed by atoms with Crippen molar-refractivity contribution in [3.05, 3.63) is 156 Å². The van der Waals surface area contributed by atoms with E-state index in [1.165, 1.54) is 76.1 Å². The van der Waals surface area contributed by atoms with Crippen molar-refractivity contribution in [2.24, 2.45) is 16.2 Å². The summed E-state index contributed by atoms with van der Waals surface area (Å²) in [5, 5.41) is 0.